The molecule has 2 aromatic heterocycles. The molecule has 3 N–H and O–H groups in total. The van der Waals surface area contributed by atoms with Gasteiger partial charge in [0.25, 0.3) is 5.56 Å². The van der Waals surface area contributed by atoms with E-state index in [1.807, 2.05) is 0 Å². The monoisotopic (exact) mass is 417 g/mol. The second-order valence-electron chi connectivity index (χ2n) is 5.59. The van der Waals surface area contributed by atoms with Crippen LogP contribution in [-0.2, 0) is 14.3 Å². The lowest BCUT2D eigenvalue weighted by atomic mass is 10.1. The molecule has 29 heavy (non-hydrogen) atoms. The molecule has 0 aliphatic rings. The Labute approximate surface area is 167 Å². The van der Waals surface area contributed by atoms with Gasteiger partial charge in [-0.25, -0.2) is 19.6 Å². The van der Waals surface area contributed by atoms with Gasteiger partial charge in [0.1, 0.15) is 0 Å². The maximum absolute atomic E-state index is 12.3. The maximum atomic E-state index is 12.3. The lowest BCUT2D eigenvalue weighted by molar-refractivity contribution is -0.113. The molecule has 3 rings (SSSR count). The average Bonchev–Trinajstić information content (AvgIpc) is 3.20. The van der Waals surface area contributed by atoms with E-state index in [1.54, 1.807) is 0 Å². The van der Waals surface area contributed by atoms with Gasteiger partial charge in [-0.1, -0.05) is 11.8 Å². The van der Waals surface area contributed by atoms with Crippen molar-refractivity contribution < 1.29 is 23.9 Å². The molecule has 11 nitrogen and oxygen atoms in total. The third kappa shape index (κ3) is 4.60. The minimum Gasteiger partial charge on any atom is -0.465 e. The standard InChI is InChI=1S/C17H15N5O6S/c1-27-15(25)8-3-9(16(26)28-2)5-10(4-8)20-11(23)6-29-17-21-13-12(14(24)22-17)18-7-19-13/h3-5,7H,6H2,1-2H3,(H,20,23)(H2,18,19,21,22,24). The van der Waals surface area contributed by atoms with E-state index < -0.39 is 23.4 Å². The number of esters is 2. The Kier molecular flexibility index (Phi) is 5.93. The van der Waals surface area contributed by atoms with Crippen molar-refractivity contribution in [3.05, 3.63) is 46.0 Å². The Hall–Kier alpha value is -3.67. The number of rotatable bonds is 6. The molecule has 0 fully saturated rings. The van der Waals surface area contributed by atoms with Crippen LogP contribution < -0.4 is 10.9 Å². The molecule has 0 atom stereocenters. The van der Waals surface area contributed by atoms with E-state index >= 15 is 0 Å². The number of nitrogens with one attached hydrogen (secondary N) is 3. The lowest BCUT2D eigenvalue weighted by Gasteiger charge is -2.09. The van der Waals surface area contributed by atoms with Crippen molar-refractivity contribution in [2.45, 2.75) is 5.16 Å². The summed E-state index contributed by atoms with van der Waals surface area (Å²) in [5.41, 5.74) is 0.451. The molecular weight excluding hydrogens is 402 g/mol. The number of methoxy groups -OCH3 is 2. The summed E-state index contributed by atoms with van der Waals surface area (Å²) in [6.45, 7) is 0. The number of carbonyl (C=O) groups excluding carboxylic acids is 3. The van der Waals surface area contributed by atoms with Crippen LogP contribution in [0, 0.1) is 0 Å². The highest BCUT2D eigenvalue weighted by molar-refractivity contribution is 7.99. The zero-order valence-electron chi connectivity index (χ0n) is 15.3. The lowest BCUT2D eigenvalue weighted by Crippen LogP contribution is -2.17. The predicted octanol–water partition coefficient (Wildman–Crippen LogP) is 0.950. The van der Waals surface area contributed by atoms with E-state index in [4.69, 9.17) is 0 Å². The molecule has 2 heterocycles. The van der Waals surface area contributed by atoms with Gasteiger partial charge in [-0.15, -0.1) is 0 Å². The molecule has 0 aliphatic heterocycles. The van der Waals surface area contributed by atoms with Gasteiger partial charge >= 0.3 is 11.9 Å². The fourth-order valence-corrected chi connectivity index (χ4v) is 3.05. The second-order valence-corrected chi connectivity index (χ2v) is 6.56. The number of thioether (sulfide) groups is 1. The smallest absolute Gasteiger partial charge is 0.337 e. The zero-order valence-corrected chi connectivity index (χ0v) is 16.1. The zero-order chi connectivity index (χ0) is 21.0. The van der Waals surface area contributed by atoms with Crippen LogP contribution >= 0.6 is 11.8 Å². The molecule has 0 unspecified atom stereocenters. The van der Waals surface area contributed by atoms with Gasteiger partial charge in [-0.05, 0) is 18.2 Å². The number of fused-ring (bicyclic) bond motifs is 1. The number of ether oxygens (including phenoxy) is 2. The molecule has 3 aromatic rings. The summed E-state index contributed by atoms with van der Waals surface area (Å²) in [6, 6.07) is 4.04. The van der Waals surface area contributed by atoms with Crippen molar-refractivity contribution in [2.24, 2.45) is 0 Å². The third-order valence-corrected chi connectivity index (χ3v) is 4.55. The first-order chi connectivity index (χ1) is 13.9. The number of anilines is 1. The highest BCUT2D eigenvalue weighted by Gasteiger charge is 2.15. The summed E-state index contributed by atoms with van der Waals surface area (Å²) in [5.74, 6) is -1.88. The summed E-state index contributed by atoms with van der Waals surface area (Å²) in [7, 11) is 2.40. The van der Waals surface area contributed by atoms with Gasteiger partial charge in [-0.2, -0.15) is 0 Å². The average molecular weight is 417 g/mol. The number of nitrogens with zero attached hydrogens (tertiary/aromatic N) is 2. The number of aromatic nitrogens is 4. The Bertz CT molecular complexity index is 1120. The Balaban J connectivity index is 1.74. The topological polar surface area (TPSA) is 156 Å². The van der Waals surface area contributed by atoms with Crippen molar-refractivity contribution >= 4 is 46.5 Å². The van der Waals surface area contributed by atoms with Crippen molar-refractivity contribution in [1.29, 1.82) is 0 Å². The van der Waals surface area contributed by atoms with E-state index in [0.29, 0.717) is 0 Å². The van der Waals surface area contributed by atoms with E-state index in [1.165, 1.54) is 38.7 Å². The van der Waals surface area contributed by atoms with Crippen LogP contribution in [-0.4, -0.2) is 57.8 Å². The Morgan fingerprint density at radius 2 is 1.76 bits per heavy atom. The normalized spacial score (nSPS) is 10.6. The van der Waals surface area contributed by atoms with Crippen LogP contribution in [0.2, 0.25) is 0 Å². The number of aromatic amines is 2. The largest absolute Gasteiger partial charge is 0.465 e. The van der Waals surface area contributed by atoms with Crippen LogP contribution in [0.15, 0.2) is 34.5 Å². The van der Waals surface area contributed by atoms with E-state index in [-0.39, 0.29) is 38.9 Å². The number of benzene rings is 1. The molecule has 150 valence electrons. The van der Waals surface area contributed by atoms with Gasteiger partial charge in [0.15, 0.2) is 16.3 Å². The van der Waals surface area contributed by atoms with Crippen molar-refractivity contribution in [1.82, 2.24) is 19.9 Å². The third-order valence-electron chi connectivity index (χ3n) is 3.67. The Morgan fingerprint density at radius 1 is 1.10 bits per heavy atom. The Morgan fingerprint density at radius 3 is 2.38 bits per heavy atom. The van der Waals surface area contributed by atoms with Gasteiger partial charge in [-0.3, -0.25) is 14.6 Å². The predicted molar refractivity (Wildman–Crippen MR) is 103 cm³/mol. The van der Waals surface area contributed by atoms with Crippen LogP contribution in [0.5, 0.6) is 0 Å². The molecular formula is C17H15N5O6S. The van der Waals surface area contributed by atoms with Crippen LogP contribution in [0.3, 0.4) is 0 Å². The van der Waals surface area contributed by atoms with Gasteiger partial charge < -0.3 is 19.8 Å². The summed E-state index contributed by atoms with van der Waals surface area (Å²) >= 11 is 0.994. The fourth-order valence-electron chi connectivity index (χ4n) is 2.39. The summed E-state index contributed by atoms with van der Waals surface area (Å²) in [6.07, 6.45) is 1.35. The van der Waals surface area contributed by atoms with Gasteiger partial charge in [0.2, 0.25) is 5.91 Å². The van der Waals surface area contributed by atoms with Crippen LogP contribution in [0.25, 0.3) is 11.2 Å². The number of hydrogen-bond acceptors (Lipinski definition) is 9. The molecule has 0 radical (unpaired) electrons. The SMILES string of the molecule is COC(=O)c1cc(NC(=O)CSc2nc3nc[nH]c3c(=O)[nH]2)cc(C(=O)OC)c1. The molecule has 1 aromatic carbocycles. The molecule has 1 amide bonds. The molecule has 0 saturated carbocycles. The molecule has 0 aliphatic carbocycles. The summed E-state index contributed by atoms with van der Waals surface area (Å²) in [5, 5.41) is 2.81. The number of hydrogen-bond donors (Lipinski definition) is 3. The number of imidazole rings is 1. The first-order valence-corrected chi connectivity index (χ1v) is 9.07. The molecule has 0 saturated heterocycles. The van der Waals surface area contributed by atoms with E-state index in [2.05, 4.69) is 34.7 Å². The van der Waals surface area contributed by atoms with E-state index in [0.717, 1.165) is 11.8 Å². The van der Waals surface area contributed by atoms with Crippen LogP contribution in [0.1, 0.15) is 20.7 Å². The maximum Gasteiger partial charge on any atom is 0.337 e. The quantitative estimate of drug-likeness (QED) is 0.302. The second kappa shape index (κ2) is 8.56. The minimum atomic E-state index is -0.672. The highest BCUT2D eigenvalue weighted by Crippen LogP contribution is 2.18. The number of amides is 1. The summed E-state index contributed by atoms with van der Waals surface area (Å²) in [4.78, 5) is 61.0. The first-order valence-electron chi connectivity index (χ1n) is 8.09. The van der Waals surface area contributed by atoms with Crippen molar-refractivity contribution in [3.63, 3.8) is 0 Å². The van der Waals surface area contributed by atoms with Crippen molar-refractivity contribution in [2.75, 3.05) is 25.3 Å². The van der Waals surface area contributed by atoms with Gasteiger partial charge in [0.05, 0.1) is 37.4 Å². The van der Waals surface area contributed by atoms with Gasteiger partial charge in [0, 0.05) is 5.69 Å². The number of H-pyrrole nitrogens is 2. The minimum absolute atomic E-state index is 0.0772. The summed E-state index contributed by atoms with van der Waals surface area (Å²) < 4.78 is 9.30. The highest BCUT2D eigenvalue weighted by atomic mass is 32.2. The van der Waals surface area contributed by atoms with E-state index in [9.17, 15) is 19.2 Å². The molecule has 0 spiro atoms. The van der Waals surface area contributed by atoms with Crippen LogP contribution in [0.4, 0.5) is 5.69 Å². The van der Waals surface area contributed by atoms with Crippen molar-refractivity contribution in [3.8, 4) is 0 Å². The fraction of sp³-hybridized carbons (Fsp3) is 0.176. The molecule has 0 bridgehead atoms. The first kappa shape index (κ1) is 20.1. The number of carbonyl (C=O) groups is 3. The molecule has 12 heteroatoms.